The van der Waals surface area contributed by atoms with Gasteiger partial charge in [0.05, 0.1) is 6.04 Å². The van der Waals surface area contributed by atoms with Gasteiger partial charge in [0, 0.05) is 6.54 Å². The largest absolute Gasteiger partial charge is 0.355 e. The van der Waals surface area contributed by atoms with E-state index in [9.17, 15) is 4.79 Å². The first-order valence-electron chi connectivity index (χ1n) is 4.85. The van der Waals surface area contributed by atoms with Crippen molar-refractivity contribution in [1.82, 2.24) is 10.6 Å². The van der Waals surface area contributed by atoms with Gasteiger partial charge in [0.1, 0.15) is 0 Å². The lowest BCUT2D eigenvalue weighted by Gasteiger charge is -2.13. The van der Waals surface area contributed by atoms with E-state index < -0.39 is 0 Å². The van der Waals surface area contributed by atoms with Crippen LogP contribution in [0.15, 0.2) is 0 Å². The molecule has 70 valence electrons. The molecule has 2 N–H and O–H groups in total. The summed E-state index contributed by atoms with van der Waals surface area (Å²) in [6.07, 6.45) is 4.35. The van der Waals surface area contributed by atoms with Gasteiger partial charge in [-0.15, -0.1) is 0 Å². The van der Waals surface area contributed by atoms with Crippen LogP contribution in [-0.4, -0.2) is 25.0 Å². The van der Waals surface area contributed by atoms with Gasteiger partial charge in [0.25, 0.3) is 0 Å². The first-order chi connectivity index (χ1) is 5.84. The Balaban J connectivity index is 2.31. The van der Waals surface area contributed by atoms with Gasteiger partial charge in [0.15, 0.2) is 0 Å². The van der Waals surface area contributed by atoms with E-state index in [0.717, 1.165) is 38.8 Å². The zero-order valence-corrected chi connectivity index (χ0v) is 7.73. The normalized spacial score (nSPS) is 24.8. The number of rotatable bonds is 3. The predicted molar refractivity (Wildman–Crippen MR) is 48.9 cm³/mol. The number of hydrogen-bond donors (Lipinski definition) is 2. The molecule has 0 radical (unpaired) electrons. The van der Waals surface area contributed by atoms with Crippen LogP contribution in [0.5, 0.6) is 0 Å². The van der Waals surface area contributed by atoms with Crippen molar-refractivity contribution in [2.45, 2.75) is 38.6 Å². The molecule has 0 aromatic rings. The summed E-state index contributed by atoms with van der Waals surface area (Å²) in [6.45, 7) is 3.91. The molecule has 12 heavy (non-hydrogen) atoms. The lowest BCUT2D eigenvalue weighted by molar-refractivity contribution is -0.122. The Labute approximate surface area is 73.9 Å². The number of nitrogens with one attached hydrogen (secondary N) is 2. The van der Waals surface area contributed by atoms with Gasteiger partial charge >= 0.3 is 0 Å². The fourth-order valence-electron chi connectivity index (χ4n) is 1.45. The molecule has 0 bridgehead atoms. The molecule has 1 amide bonds. The van der Waals surface area contributed by atoms with Gasteiger partial charge in [-0.3, -0.25) is 4.79 Å². The van der Waals surface area contributed by atoms with E-state index in [1.165, 1.54) is 0 Å². The van der Waals surface area contributed by atoms with Crippen molar-refractivity contribution in [3.05, 3.63) is 0 Å². The third-order valence-electron chi connectivity index (χ3n) is 2.18. The van der Waals surface area contributed by atoms with Crippen molar-refractivity contribution < 1.29 is 4.79 Å². The molecule has 1 saturated heterocycles. The summed E-state index contributed by atoms with van der Waals surface area (Å²) in [7, 11) is 0. The second kappa shape index (κ2) is 5.14. The number of hydrogen-bond acceptors (Lipinski definition) is 2. The maximum Gasteiger partial charge on any atom is 0.237 e. The summed E-state index contributed by atoms with van der Waals surface area (Å²) in [5, 5.41) is 6.15. The van der Waals surface area contributed by atoms with Gasteiger partial charge in [-0.05, 0) is 32.2 Å². The summed E-state index contributed by atoms with van der Waals surface area (Å²) in [5.41, 5.74) is 0. The Bertz CT molecular complexity index is 147. The van der Waals surface area contributed by atoms with E-state index in [1.54, 1.807) is 0 Å². The van der Waals surface area contributed by atoms with Gasteiger partial charge < -0.3 is 10.6 Å². The highest BCUT2D eigenvalue weighted by Crippen LogP contribution is 2.04. The highest BCUT2D eigenvalue weighted by Gasteiger charge is 2.18. The lowest BCUT2D eigenvalue weighted by Crippen LogP contribution is -2.42. The van der Waals surface area contributed by atoms with E-state index in [2.05, 4.69) is 17.6 Å². The van der Waals surface area contributed by atoms with Gasteiger partial charge in [-0.2, -0.15) is 0 Å². The van der Waals surface area contributed by atoms with Crippen LogP contribution in [0.3, 0.4) is 0 Å². The van der Waals surface area contributed by atoms with E-state index in [1.807, 2.05) is 0 Å². The Kier molecular flexibility index (Phi) is 4.08. The standard InChI is InChI=1S/C9H18N2O/c1-2-6-10-8-5-3-4-7-11-9(8)12/h8,10H,2-7H2,1H3,(H,11,12). The molecule has 0 saturated carbocycles. The molecule has 0 aliphatic carbocycles. The molecule has 3 heteroatoms. The molecular weight excluding hydrogens is 152 g/mol. The van der Waals surface area contributed by atoms with E-state index >= 15 is 0 Å². The van der Waals surface area contributed by atoms with E-state index in [0.29, 0.717) is 0 Å². The zero-order chi connectivity index (χ0) is 8.81. The molecule has 1 unspecified atom stereocenters. The highest BCUT2D eigenvalue weighted by molar-refractivity contribution is 5.81. The molecule has 0 aromatic carbocycles. The smallest absolute Gasteiger partial charge is 0.237 e. The van der Waals surface area contributed by atoms with Crippen molar-refractivity contribution in [2.24, 2.45) is 0 Å². The summed E-state index contributed by atoms with van der Waals surface area (Å²) in [5.74, 6) is 0.181. The highest BCUT2D eigenvalue weighted by atomic mass is 16.2. The topological polar surface area (TPSA) is 41.1 Å². The van der Waals surface area contributed by atoms with Crippen molar-refractivity contribution in [3.8, 4) is 0 Å². The van der Waals surface area contributed by atoms with Crippen LogP contribution in [-0.2, 0) is 4.79 Å². The van der Waals surface area contributed by atoms with Crippen molar-refractivity contribution in [1.29, 1.82) is 0 Å². The number of carbonyl (C=O) groups excluding carboxylic acids is 1. The maximum absolute atomic E-state index is 11.3. The SMILES string of the molecule is CCCNC1CCCCNC1=O. The van der Waals surface area contributed by atoms with Gasteiger partial charge in [-0.25, -0.2) is 0 Å². The van der Waals surface area contributed by atoms with Crippen LogP contribution >= 0.6 is 0 Å². The summed E-state index contributed by atoms with van der Waals surface area (Å²) in [4.78, 5) is 11.3. The molecule has 1 aliphatic rings. The molecule has 1 fully saturated rings. The monoisotopic (exact) mass is 170 g/mol. The Morgan fingerprint density at radius 3 is 3.17 bits per heavy atom. The Morgan fingerprint density at radius 1 is 1.58 bits per heavy atom. The quantitative estimate of drug-likeness (QED) is 0.653. The average molecular weight is 170 g/mol. The van der Waals surface area contributed by atoms with Crippen LogP contribution in [0, 0.1) is 0 Å². The number of amides is 1. The van der Waals surface area contributed by atoms with Crippen LogP contribution in [0.2, 0.25) is 0 Å². The third kappa shape index (κ3) is 2.81. The number of carbonyl (C=O) groups is 1. The average Bonchev–Trinajstić information content (AvgIpc) is 2.27. The van der Waals surface area contributed by atoms with Crippen LogP contribution < -0.4 is 10.6 Å². The molecule has 0 aromatic heterocycles. The van der Waals surface area contributed by atoms with Crippen molar-refractivity contribution >= 4 is 5.91 Å². The minimum atomic E-state index is 0.0625. The van der Waals surface area contributed by atoms with Crippen LogP contribution in [0.1, 0.15) is 32.6 Å². The fourth-order valence-corrected chi connectivity index (χ4v) is 1.45. The van der Waals surface area contributed by atoms with Gasteiger partial charge in [-0.1, -0.05) is 6.92 Å². The second-order valence-corrected chi connectivity index (χ2v) is 3.29. The Morgan fingerprint density at radius 2 is 2.42 bits per heavy atom. The summed E-state index contributed by atoms with van der Waals surface area (Å²) in [6, 6.07) is 0.0625. The first-order valence-corrected chi connectivity index (χ1v) is 4.85. The van der Waals surface area contributed by atoms with Gasteiger partial charge in [0.2, 0.25) is 5.91 Å². The molecule has 1 heterocycles. The molecule has 1 atom stereocenters. The van der Waals surface area contributed by atoms with Crippen molar-refractivity contribution in [3.63, 3.8) is 0 Å². The molecule has 1 rings (SSSR count). The summed E-state index contributed by atoms with van der Waals surface area (Å²) >= 11 is 0. The van der Waals surface area contributed by atoms with Crippen LogP contribution in [0.4, 0.5) is 0 Å². The Hall–Kier alpha value is -0.570. The molecule has 0 spiro atoms. The van der Waals surface area contributed by atoms with Crippen LogP contribution in [0.25, 0.3) is 0 Å². The van der Waals surface area contributed by atoms with E-state index in [-0.39, 0.29) is 11.9 Å². The van der Waals surface area contributed by atoms with E-state index in [4.69, 9.17) is 0 Å². The zero-order valence-electron chi connectivity index (χ0n) is 7.73. The minimum Gasteiger partial charge on any atom is -0.355 e. The fraction of sp³-hybridized carbons (Fsp3) is 0.889. The first kappa shape index (κ1) is 9.52. The molecule has 3 nitrogen and oxygen atoms in total. The third-order valence-corrected chi connectivity index (χ3v) is 2.18. The predicted octanol–water partition coefficient (Wildman–Crippen LogP) is 0.655. The van der Waals surface area contributed by atoms with Crippen molar-refractivity contribution in [2.75, 3.05) is 13.1 Å². The molecular formula is C9H18N2O. The molecule has 1 aliphatic heterocycles. The minimum absolute atomic E-state index is 0.0625. The summed E-state index contributed by atoms with van der Waals surface area (Å²) < 4.78 is 0. The lowest BCUT2D eigenvalue weighted by atomic mass is 10.1. The maximum atomic E-state index is 11.3. The second-order valence-electron chi connectivity index (χ2n) is 3.29.